The minimum absolute atomic E-state index is 0.0598. The monoisotopic (exact) mass is 693 g/mol. The fourth-order valence-corrected chi connectivity index (χ4v) is 9.77. The van der Waals surface area contributed by atoms with Gasteiger partial charge in [-0.05, 0) is 97.7 Å². The minimum Gasteiger partial charge on any atom is -0.455 e. The lowest BCUT2D eigenvalue weighted by molar-refractivity contribution is 0.660. The van der Waals surface area contributed by atoms with Gasteiger partial charge in [0.15, 0.2) is 0 Å². The molecule has 2 aliphatic carbocycles. The fourth-order valence-electron chi connectivity index (χ4n) is 9.77. The zero-order valence-electron chi connectivity index (χ0n) is 30.9. The average molecular weight is 694 g/mol. The first-order valence-electron chi connectivity index (χ1n) is 19.0. The molecule has 2 aliphatic rings. The van der Waals surface area contributed by atoms with Gasteiger partial charge in [-0.3, -0.25) is 0 Å². The Balaban J connectivity index is 1.13. The Kier molecular flexibility index (Phi) is 6.39. The van der Waals surface area contributed by atoms with Crippen LogP contribution in [0.15, 0.2) is 168 Å². The van der Waals surface area contributed by atoms with Crippen molar-refractivity contribution in [2.75, 3.05) is 4.90 Å². The van der Waals surface area contributed by atoms with Gasteiger partial charge in [0.1, 0.15) is 11.2 Å². The van der Waals surface area contributed by atoms with Gasteiger partial charge in [0.2, 0.25) is 0 Å². The lowest BCUT2D eigenvalue weighted by Crippen LogP contribution is -2.16. The highest BCUT2D eigenvalue weighted by Crippen LogP contribution is 2.56. The maximum Gasteiger partial charge on any atom is 0.143 e. The molecular weight excluding hydrogens is 655 g/mol. The average Bonchev–Trinajstić information content (AvgIpc) is 3.79. The fraction of sp³-hybridized carbons (Fsp3) is 0.115. The minimum atomic E-state index is -0.105. The highest BCUT2D eigenvalue weighted by molar-refractivity contribution is 6.22. The third kappa shape index (κ3) is 4.23. The summed E-state index contributed by atoms with van der Waals surface area (Å²) in [5.41, 5.74) is 18.1. The summed E-state index contributed by atoms with van der Waals surface area (Å²) >= 11 is 0. The molecule has 0 amide bonds. The van der Waals surface area contributed by atoms with E-state index in [1.54, 1.807) is 0 Å². The van der Waals surface area contributed by atoms with Crippen LogP contribution in [-0.2, 0) is 10.8 Å². The number of hydrogen-bond donors (Lipinski definition) is 0. The summed E-state index contributed by atoms with van der Waals surface area (Å²) in [5, 5.41) is 4.74. The van der Waals surface area contributed by atoms with E-state index >= 15 is 0 Å². The van der Waals surface area contributed by atoms with Gasteiger partial charge in [-0.1, -0.05) is 149 Å². The van der Waals surface area contributed by atoms with Crippen molar-refractivity contribution in [3.8, 4) is 33.4 Å². The third-order valence-corrected chi connectivity index (χ3v) is 12.5. The van der Waals surface area contributed by atoms with Crippen LogP contribution in [-0.4, -0.2) is 0 Å². The summed E-state index contributed by atoms with van der Waals surface area (Å²) in [6, 6.07) is 60.3. The number of anilines is 3. The molecular formula is C52H39NO. The summed E-state index contributed by atoms with van der Waals surface area (Å²) in [7, 11) is 0. The molecule has 9 aromatic rings. The second-order valence-electron chi connectivity index (χ2n) is 16.1. The van der Waals surface area contributed by atoms with Gasteiger partial charge in [-0.25, -0.2) is 0 Å². The SMILES string of the molecule is CC1(C)c2ccccc2-c2cc(N(c3ccc(-c4cc5ccccc5c5c4oc4ccccc45)cc3)c3cccc4c3-c3ccccc3C4(C)C)ccc21. The second kappa shape index (κ2) is 11.1. The summed E-state index contributed by atoms with van der Waals surface area (Å²) in [6.45, 7) is 9.42. The van der Waals surface area contributed by atoms with Crippen LogP contribution in [0.3, 0.4) is 0 Å². The molecule has 0 saturated carbocycles. The van der Waals surface area contributed by atoms with E-state index in [1.807, 2.05) is 6.07 Å². The van der Waals surface area contributed by atoms with Crippen molar-refractivity contribution >= 4 is 49.8 Å². The zero-order valence-corrected chi connectivity index (χ0v) is 30.9. The molecule has 0 N–H and O–H groups in total. The van der Waals surface area contributed by atoms with Gasteiger partial charge >= 0.3 is 0 Å². The van der Waals surface area contributed by atoms with Crippen LogP contribution < -0.4 is 4.90 Å². The van der Waals surface area contributed by atoms with Gasteiger partial charge in [-0.2, -0.15) is 0 Å². The molecule has 0 atom stereocenters. The molecule has 11 rings (SSSR count). The molecule has 1 aromatic heterocycles. The predicted molar refractivity (Wildman–Crippen MR) is 226 cm³/mol. The molecule has 2 heteroatoms. The smallest absolute Gasteiger partial charge is 0.143 e. The molecule has 8 aromatic carbocycles. The largest absolute Gasteiger partial charge is 0.455 e. The van der Waals surface area contributed by atoms with E-state index in [4.69, 9.17) is 4.42 Å². The topological polar surface area (TPSA) is 16.4 Å². The number of furan rings is 1. The maximum atomic E-state index is 6.64. The Morgan fingerprint density at radius 3 is 1.87 bits per heavy atom. The number of fused-ring (bicyclic) bond motifs is 11. The molecule has 0 radical (unpaired) electrons. The summed E-state index contributed by atoms with van der Waals surface area (Å²) in [6.07, 6.45) is 0. The van der Waals surface area contributed by atoms with E-state index in [-0.39, 0.29) is 10.8 Å². The number of para-hydroxylation sites is 1. The summed E-state index contributed by atoms with van der Waals surface area (Å²) < 4.78 is 6.64. The van der Waals surface area contributed by atoms with Crippen LogP contribution in [0, 0.1) is 0 Å². The lowest BCUT2D eigenvalue weighted by Gasteiger charge is -2.30. The first-order chi connectivity index (χ1) is 26.3. The molecule has 0 spiro atoms. The van der Waals surface area contributed by atoms with Crippen molar-refractivity contribution in [1.82, 2.24) is 0 Å². The normalized spacial score (nSPS) is 14.6. The van der Waals surface area contributed by atoms with Crippen molar-refractivity contribution in [2.45, 2.75) is 38.5 Å². The van der Waals surface area contributed by atoms with E-state index in [1.165, 1.54) is 66.4 Å². The van der Waals surface area contributed by atoms with E-state index in [9.17, 15) is 0 Å². The van der Waals surface area contributed by atoms with Crippen molar-refractivity contribution in [1.29, 1.82) is 0 Å². The maximum absolute atomic E-state index is 6.64. The lowest BCUT2D eigenvalue weighted by atomic mass is 9.82. The summed E-state index contributed by atoms with van der Waals surface area (Å²) in [5.74, 6) is 0. The summed E-state index contributed by atoms with van der Waals surface area (Å²) in [4.78, 5) is 2.48. The number of rotatable bonds is 4. The molecule has 1 heterocycles. The van der Waals surface area contributed by atoms with Gasteiger partial charge < -0.3 is 9.32 Å². The van der Waals surface area contributed by atoms with Crippen molar-refractivity contribution in [2.24, 2.45) is 0 Å². The van der Waals surface area contributed by atoms with Crippen LogP contribution in [0.2, 0.25) is 0 Å². The van der Waals surface area contributed by atoms with Gasteiger partial charge in [0, 0.05) is 44.1 Å². The standard InChI is InChI=1S/C52H39NO/c1-51(2)42-19-10-7-16-37(42)41-31-35(28-29-44(41)51)53(46-22-13-21-45-49(46)38-17-8-11-20-43(38)52(45,3)4)34-26-24-32(25-27-34)40-30-33-14-5-6-15-36(33)48-39-18-9-12-23-47(39)54-50(40)48/h5-31H,1-4H3. The van der Waals surface area contributed by atoms with E-state index < -0.39 is 0 Å². The van der Waals surface area contributed by atoms with Gasteiger partial charge in [-0.15, -0.1) is 0 Å². The van der Waals surface area contributed by atoms with Crippen LogP contribution in [0.5, 0.6) is 0 Å². The third-order valence-electron chi connectivity index (χ3n) is 12.5. The van der Waals surface area contributed by atoms with Crippen molar-refractivity contribution < 1.29 is 4.42 Å². The zero-order chi connectivity index (χ0) is 36.3. The highest BCUT2D eigenvalue weighted by atomic mass is 16.3. The van der Waals surface area contributed by atoms with Gasteiger partial charge in [0.05, 0.1) is 5.69 Å². The number of hydrogen-bond acceptors (Lipinski definition) is 2. The molecule has 0 bridgehead atoms. The van der Waals surface area contributed by atoms with Gasteiger partial charge in [0.25, 0.3) is 0 Å². The van der Waals surface area contributed by atoms with E-state index in [0.717, 1.165) is 39.1 Å². The van der Waals surface area contributed by atoms with Crippen molar-refractivity contribution in [3.63, 3.8) is 0 Å². The number of benzene rings is 8. The Morgan fingerprint density at radius 2 is 1.06 bits per heavy atom. The first kappa shape index (κ1) is 31.2. The molecule has 0 fully saturated rings. The Labute approximate surface area is 315 Å². The molecule has 0 unspecified atom stereocenters. The molecule has 0 aliphatic heterocycles. The van der Waals surface area contributed by atoms with Crippen LogP contribution >= 0.6 is 0 Å². The molecule has 2 nitrogen and oxygen atoms in total. The second-order valence-corrected chi connectivity index (χ2v) is 16.1. The van der Waals surface area contributed by atoms with E-state index in [2.05, 4.69) is 190 Å². The predicted octanol–water partition coefficient (Wildman–Crippen LogP) is 14.5. The quantitative estimate of drug-likeness (QED) is 0.182. The molecule has 258 valence electrons. The van der Waals surface area contributed by atoms with Crippen molar-refractivity contribution in [3.05, 3.63) is 186 Å². The van der Waals surface area contributed by atoms with Crippen LogP contribution in [0.1, 0.15) is 49.9 Å². The Morgan fingerprint density at radius 1 is 0.444 bits per heavy atom. The molecule has 0 saturated heterocycles. The first-order valence-corrected chi connectivity index (χ1v) is 19.0. The Hall–Kier alpha value is -6.38. The molecule has 54 heavy (non-hydrogen) atoms. The number of nitrogens with zero attached hydrogens (tertiary/aromatic N) is 1. The van der Waals surface area contributed by atoms with Crippen LogP contribution in [0.4, 0.5) is 17.1 Å². The Bertz CT molecular complexity index is 3000. The van der Waals surface area contributed by atoms with E-state index in [0.29, 0.717) is 0 Å². The van der Waals surface area contributed by atoms with Crippen LogP contribution in [0.25, 0.3) is 66.1 Å². The highest BCUT2D eigenvalue weighted by Gasteiger charge is 2.39.